The van der Waals surface area contributed by atoms with Crippen LogP contribution in [0.15, 0.2) is 46.9 Å². The van der Waals surface area contributed by atoms with Crippen molar-refractivity contribution >= 4 is 39.2 Å². The molecule has 2 aromatic rings. The second-order valence-electron chi connectivity index (χ2n) is 4.12. The number of carbonyl (C=O) groups excluding carboxylic acids is 2. The van der Waals surface area contributed by atoms with E-state index in [-0.39, 0.29) is 5.56 Å². The smallest absolute Gasteiger partial charge is 0.316 e. The summed E-state index contributed by atoms with van der Waals surface area (Å²) in [6, 6.07) is 9.88. The van der Waals surface area contributed by atoms with Gasteiger partial charge in [0.25, 0.3) is 5.91 Å². The van der Waals surface area contributed by atoms with Gasteiger partial charge in [-0.05, 0) is 52.3 Å². The number of nitrogens with one attached hydrogen (secondary N) is 2. The Morgan fingerprint density at radius 1 is 1.00 bits per heavy atom. The van der Waals surface area contributed by atoms with Crippen LogP contribution in [-0.4, -0.2) is 11.9 Å². The fourth-order valence-electron chi connectivity index (χ4n) is 1.69. The highest BCUT2D eigenvalue weighted by atomic mass is 79.9. The fourth-order valence-corrected chi connectivity index (χ4v) is 2.21. The topological polar surface area (TPSA) is 84.2 Å². The summed E-state index contributed by atoms with van der Waals surface area (Å²) in [7, 11) is 0. The molecule has 4 N–H and O–H groups in total. The van der Waals surface area contributed by atoms with Crippen LogP contribution in [0.25, 0.3) is 0 Å². The third-order valence-electron chi connectivity index (χ3n) is 2.60. The Kier molecular flexibility index (Phi) is 4.54. The standard InChI is InChI=1S/C14H11BrFN3O2/c15-10-2-1-3-11(16)12(10)13(20)18-8-4-6-9(7-5-8)19-14(17)21/h1-7H,(H,18,20)(H3,17,19,21). The maximum absolute atomic E-state index is 13.7. The van der Waals surface area contributed by atoms with Crippen molar-refractivity contribution in [3.05, 3.63) is 58.3 Å². The maximum Gasteiger partial charge on any atom is 0.316 e. The lowest BCUT2D eigenvalue weighted by Gasteiger charge is -2.08. The van der Waals surface area contributed by atoms with Gasteiger partial charge in [-0.1, -0.05) is 6.07 Å². The summed E-state index contributed by atoms with van der Waals surface area (Å²) >= 11 is 3.14. The summed E-state index contributed by atoms with van der Waals surface area (Å²) in [4.78, 5) is 22.7. The highest BCUT2D eigenvalue weighted by Gasteiger charge is 2.15. The fraction of sp³-hybridized carbons (Fsp3) is 0. The van der Waals surface area contributed by atoms with Gasteiger partial charge in [0.15, 0.2) is 0 Å². The largest absolute Gasteiger partial charge is 0.351 e. The van der Waals surface area contributed by atoms with Gasteiger partial charge < -0.3 is 16.4 Å². The van der Waals surface area contributed by atoms with E-state index >= 15 is 0 Å². The first-order valence-corrected chi connectivity index (χ1v) is 6.68. The SMILES string of the molecule is NC(=O)Nc1ccc(NC(=O)c2c(F)cccc2Br)cc1. The molecular formula is C14H11BrFN3O2. The van der Waals surface area contributed by atoms with Crippen molar-refractivity contribution in [2.24, 2.45) is 5.73 Å². The minimum absolute atomic E-state index is 0.0724. The molecule has 0 bridgehead atoms. The summed E-state index contributed by atoms with van der Waals surface area (Å²) < 4.78 is 14.0. The van der Waals surface area contributed by atoms with Gasteiger partial charge in [0.1, 0.15) is 5.82 Å². The monoisotopic (exact) mass is 351 g/mol. The molecular weight excluding hydrogens is 341 g/mol. The lowest BCUT2D eigenvalue weighted by Crippen LogP contribution is -2.19. The van der Waals surface area contributed by atoms with E-state index in [4.69, 9.17) is 5.73 Å². The van der Waals surface area contributed by atoms with Crippen molar-refractivity contribution in [1.29, 1.82) is 0 Å². The van der Waals surface area contributed by atoms with Gasteiger partial charge >= 0.3 is 6.03 Å². The van der Waals surface area contributed by atoms with Crippen LogP contribution < -0.4 is 16.4 Å². The van der Waals surface area contributed by atoms with Crippen molar-refractivity contribution in [1.82, 2.24) is 0 Å². The quantitative estimate of drug-likeness (QED) is 0.792. The minimum atomic E-state index is -0.679. The van der Waals surface area contributed by atoms with Gasteiger partial charge in [0.05, 0.1) is 5.56 Å². The molecule has 7 heteroatoms. The molecule has 0 atom stereocenters. The normalized spacial score (nSPS) is 10.0. The highest BCUT2D eigenvalue weighted by Crippen LogP contribution is 2.21. The zero-order chi connectivity index (χ0) is 15.4. The number of halogens is 2. The zero-order valence-electron chi connectivity index (χ0n) is 10.7. The zero-order valence-corrected chi connectivity index (χ0v) is 12.3. The average Bonchev–Trinajstić information content (AvgIpc) is 2.40. The second-order valence-corrected chi connectivity index (χ2v) is 4.97. The summed E-state index contributed by atoms with van der Waals surface area (Å²) in [6.45, 7) is 0. The highest BCUT2D eigenvalue weighted by molar-refractivity contribution is 9.10. The molecule has 0 heterocycles. The number of anilines is 2. The molecule has 108 valence electrons. The first-order chi connectivity index (χ1) is 9.97. The Morgan fingerprint density at radius 2 is 1.57 bits per heavy atom. The van der Waals surface area contributed by atoms with Crippen LogP contribution in [0.4, 0.5) is 20.6 Å². The number of hydrogen-bond donors (Lipinski definition) is 3. The lowest BCUT2D eigenvalue weighted by atomic mass is 10.2. The number of rotatable bonds is 3. The number of carbonyl (C=O) groups is 2. The van der Waals surface area contributed by atoms with E-state index in [2.05, 4.69) is 26.6 Å². The van der Waals surface area contributed by atoms with Crippen LogP contribution in [0.2, 0.25) is 0 Å². The average molecular weight is 352 g/mol. The van der Waals surface area contributed by atoms with Crippen molar-refractivity contribution in [2.75, 3.05) is 10.6 Å². The molecule has 5 nitrogen and oxygen atoms in total. The Bertz CT molecular complexity index is 669. The molecule has 0 radical (unpaired) electrons. The summed E-state index contributed by atoms with van der Waals surface area (Å²) in [6.07, 6.45) is 0. The Balaban J connectivity index is 2.14. The summed E-state index contributed by atoms with van der Waals surface area (Å²) in [5.74, 6) is -1.19. The third kappa shape index (κ3) is 3.79. The maximum atomic E-state index is 13.7. The predicted molar refractivity (Wildman–Crippen MR) is 81.7 cm³/mol. The molecule has 0 saturated heterocycles. The third-order valence-corrected chi connectivity index (χ3v) is 3.26. The molecule has 0 aliphatic heterocycles. The van der Waals surface area contributed by atoms with Gasteiger partial charge in [0, 0.05) is 15.8 Å². The van der Waals surface area contributed by atoms with Crippen LogP contribution in [0.1, 0.15) is 10.4 Å². The minimum Gasteiger partial charge on any atom is -0.351 e. The molecule has 2 rings (SSSR count). The Morgan fingerprint density at radius 3 is 2.10 bits per heavy atom. The summed E-state index contributed by atoms with van der Waals surface area (Å²) in [5, 5.41) is 4.96. The molecule has 0 unspecified atom stereocenters. The van der Waals surface area contributed by atoms with E-state index in [1.165, 1.54) is 12.1 Å². The van der Waals surface area contributed by atoms with E-state index in [1.807, 2.05) is 0 Å². The Hall–Kier alpha value is -2.41. The number of amides is 3. The molecule has 0 saturated carbocycles. The molecule has 0 aliphatic rings. The van der Waals surface area contributed by atoms with Gasteiger partial charge in [-0.15, -0.1) is 0 Å². The molecule has 0 fully saturated rings. The van der Waals surface area contributed by atoms with E-state index in [0.717, 1.165) is 0 Å². The van der Waals surface area contributed by atoms with Crippen LogP contribution in [0.5, 0.6) is 0 Å². The van der Waals surface area contributed by atoms with E-state index in [9.17, 15) is 14.0 Å². The van der Waals surface area contributed by atoms with Crippen molar-refractivity contribution in [2.45, 2.75) is 0 Å². The molecule has 2 aromatic carbocycles. The predicted octanol–water partition coefficient (Wildman–Crippen LogP) is 3.33. The van der Waals surface area contributed by atoms with Gasteiger partial charge in [-0.2, -0.15) is 0 Å². The van der Waals surface area contributed by atoms with Crippen LogP contribution in [-0.2, 0) is 0 Å². The summed E-state index contributed by atoms with van der Waals surface area (Å²) in [5.41, 5.74) is 5.87. The lowest BCUT2D eigenvalue weighted by molar-refractivity contribution is 0.102. The molecule has 21 heavy (non-hydrogen) atoms. The van der Waals surface area contributed by atoms with Crippen molar-refractivity contribution < 1.29 is 14.0 Å². The van der Waals surface area contributed by atoms with Crippen molar-refractivity contribution in [3.63, 3.8) is 0 Å². The van der Waals surface area contributed by atoms with Crippen molar-refractivity contribution in [3.8, 4) is 0 Å². The number of hydrogen-bond acceptors (Lipinski definition) is 2. The molecule has 0 spiro atoms. The van der Waals surface area contributed by atoms with Gasteiger partial charge in [-0.25, -0.2) is 9.18 Å². The van der Waals surface area contributed by atoms with Gasteiger partial charge in [-0.3, -0.25) is 4.79 Å². The van der Waals surface area contributed by atoms with E-state index in [1.54, 1.807) is 30.3 Å². The van der Waals surface area contributed by atoms with Gasteiger partial charge in [0.2, 0.25) is 0 Å². The number of nitrogens with two attached hydrogens (primary N) is 1. The van der Waals surface area contributed by atoms with E-state index < -0.39 is 17.8 Å². The number of primary amides is 1. The Labute approximate surface area is 128 Å². The number of benzene rings is 2. The second kappa shape index (κ2) is 6.36. The number of urea groups is 1. The molecule has 3 amide bonds. The van der Waals surface area contributed by atoms with E-state index in [0.29, 0.717) is 15.8 Å². The molecule has 0 aromatic heterocycles. The van der Waals surface area contributed by atoms with Crippen LogP contribution in [0.3, 0.4) is 0 Å². The first kappa shape index (κ1) is 15.0. The first-order valence-electron chi connectivity index (χ1n) is 5.89. The van der Waals surface area contributed by atoms with Crippen LogP contribution >= 0.6 is 15.9 Å². The molecule has 0 aliphatic carbocycles. The van der Waals surface area contributed by atoms with Crippen LogP contribution in [0, 0.1) is 5.82 Å².